The van der Waals surface area contributed by atoms with E-state index in [1.54, 1.807) is 25.4 Å². The summed E-state index contributed by atoms with van der Waals surface area (Å²) in [7, 11) is 2.94. The lowest BCUT2D eigenvalue weighted by molar-refractivity contribution is 0.0599. The predicted molar refractivity (Wildman–Crippen MR) is 75.9 cm³/mol. The monoisotopic (exact) mass is 272 g/mol. The third-order valence-electron chi connectivity index (χ3n) is 2.86. The maximum Gasteiger partial charge on any atom is 0.338 e. The number of hydrogen-bond donors (Lipinski definition) is 1. The number of nitrogens with zero attached hydrogens (tertiary/aromatic N) is 1. The number of hydrogen-bond acceptors (Lipinski definition) is 5. The van der Waals surface area contributed by atoms with Gasteiger partial charge in [-0.15, -0.1) is 0 Å². The summed E-state index contributed by atoms with van der Waals surface area (Å²) in [5, 5.41) is 3.20. The molecule has 0 aliphatic rings. The molecule has 0 spiro atoms. The van der Waals surface area contributed by atoms with Crippen LogP contribution >= 0.6 is 0 Å². The Morgan fingerprint density at radius 2 is 2.00 bits per heavy atom. The predicted octanol–water partition coefficient (Wildman–Crippen LogP) is 2.49. The summed E-state index contributed by atoms with van der Waals surface area (Å²) in [6.07, 6.45) is 1.66. The van der Waals surface area contributed by atoms with Crippen molar-refractivity contribution in [3.63, 3.8) is 0 Å². The lowest BCUT2D eigenvalue weighted by Crippen LogP contribution is -2.09. The quantitative estimate of drug-likeness (QED) is 0.847. The Balaban J connectivity index is 2.17. The smallest absolute Gasteiger partial charge is 0.338 e. The summed E-state index contributed by atoms with van der Waals surface area (Å²) in [5.41, 5.74) is 2.17. The Kier molecular flexibility index (Phi) is 4.55. The minimum Gasteiger partial charge on any atom is -0.480 e. The van der Waals surface area contributed by atoms with E-state index in [1.165, 1.54) is 7.11 Å². The molecule has 104 valence electrons. The summed E-state index contributed by atoms with van der Waals surface area (Å²) in [5.74, 6) is 0.170. The Labute approximate surface area is 117 Å². The fraction of sp³-hybridized carbons (Fsp3) is 0.200. The molecule has 0 bridgehead atoms. The molecule has 5 nitrogen and oxygen atoms in total. The molecule has 0 aliphatic carbocycles. The number of esters is 1. The molecule has 0 saturated carbocycles. The van der Waals surface area contributed by atoms with Gasteiger partial charge in [0.25, 0.3) is 0 Å². The van der Waals surface area contributed by atoms with Crippen LogP contribution in [0.15, 0.2) is 42.6 Å². The highest BCUT2D eigenvalue weighted by Gasteiger charge is 2.11. The van der Waals surface area contributed by atoms with Crippen LogP contribution in [0.3, 0.4) is 0 Å². The molecule has 0 atom stereocenters. The van der Waals surface area contributed by atoms with Crippen molar-refractivity contribution in [1.29, 1.82) is 0 Å². The third kappa shape index (κ3) is 3.06. The first-order valence-electron chi connectivity index (χ1n) is 6.15. The zero-order valence-electron chi connectivity index (χ0n) is 11.4. The van der Waals surface area contributed by atoms with E-state index in [4.69, 9.17) is 9.47 Å². The van der Waals surface area contributed by atoms with Gasteiger partial charge in [-0.25, -0.2) is 9.78 Å². The molecule has 0 radical (unpaired) electrons. The van der Waals surface area contributed by atoms with Crippen molar-refractivity contribution < 1.29 is 14.3 Å². The lowest BCUT2D eigenvalue weighted by atomic mass is 10.1. The van der Waals surface area contributed by atoms with E-state index in [0.29, 0.717) is 18.0 Å². The molecule has 0 amide bonds. The second-order valence-electron chi connectivity index (χ2n) is 4.06. The first-order valence-corrected chi connectivity index (χ1v) is 6.15. The number of ether oxygens (including phenoxy) is 2. The minimum absolute atomic E-state index is 0.347. The van der Waals surface area contributed by atoms with Crippen LogP contribution in [-0.2, 0) is 11.3 Å². The van der Waals surface area contributed by atoms with Gasteiger partial charge < -0.3 is 14.8 Å². The number of aromatic nitrogens is 1. The molecule has 5 heteroatoms. The topological polar surface area (TPSA) is 60.5 Å². The number of methoxy groups -OCH3 is 2. The molecular weight excluding hydrogens is 256 g/mol. The zero-order chi connectivity index (χ0) is 14.4. The second-order valence-corrected chi connectivity index (χ2v) is 4.06. The van der Waals surface area contributed by atoms with Crippen molar-refractivity contribution in [1.82, 2.24) is 4.98 Å². The van der Waals surface area contributed by atoms with Gasteiger partial charge in [0.2, 0.25) is 5.88 Å². The summed E-state index contributed by atoms with van der Waals surface area (Å²) >= 11 is 0. The van der Waals surface area contributed by atoms with Gasteiger partial charge in [0.05, 0.1) is 25.5 Å². The molecule has 0 fully saturated rings. The summed E-state index contributed by atoms with van der Waals surface area (Å²) in [4.78, 5) is 15.8. The van der Waals surface area contributed by atoms with Gasteiger partial charge in [0.15, 0.2) is 0 Å². The van der Waals surface area contributed by atoms with Gasteiger partial charge >= 0.3 is 5.97 Å². The van der Waals surface area contributed by atoms with Crippen LogP contribution in [-0.4, -0.2) is 25.2 Å². The number of nitrogens with one attached hydrogen (secondary N) is 1. The number of anilines is 1. The molecule has 0 saturated heterocycles. The Morgan fingerprint density at radius 3 is 2.75 bits per heavy atom. The number of carbonyl (C=O) groups excluding carboxylic acids is 1. The van der Waals surface area contributed by atoms with E-state index in [1.807, 2.05) is 24.3 Å². The summed E-state index contributed by atoms with van der Waals surface area (Å²) < 4.78 is 9.94. The number of rotatable bonds is 5. The van der Waals surface area contributed by atoms with Gasteiger partial charge in [-0.3, -0.25) is 0 Å². The molecule has 2 rings (SSSR count). The van der Waals surface area contributed by atoms with Gasteiger partial charge in [0.1, 0.15) is 0 Å². The van der Waals surface area contributed by atoms with Crippen LogP contribution in [0.25, 0.3) is 0 Å². The van der Waals surface area contributed by atoms with Crippen LogP contribution < -0.4 is 10.1 Å². The zero-order valence-corrected chi connectivity index (χ0v) is 11.4. The van der Waals surface area contributed by atoms with Crippen LogP contribution in [0.5, 0.6) is 5.88 Å². The van der Waals surface area contributed by atoms with E-state index >= 15 is 0 Å². The highest BCUT2D eigenvalue weighted by Crippen LogP contribution is 2.21. The number of carbonyl (C=O) groups is 1. The van der Waals surface area contributed by atoms with Gasteiger partial charge in [-0.1, -0.05) is 18.2 Å². The van der Waals surface area contributed by atoms with Crippen LogP contribution in [0, 0.1) is 0 Å². The maximum atomic E-state index is 11.7. The van der Waals surface area contributed by atoms with Gasteiger partial charge in [-0.2, -0.15) is 0 Å². The van der Waals surface area contributed by atoms with Crippen molar-refractivity contribution >= 4 is 11.7 Å². The molecule has 0 unspecified atom stereocenters. The van der Waals surface area contributed by atoms with E-state index in [0.717, 1.165) is 11.3 Å². The van der Waals surface area contributed by atoms with Crippen LogP contribution in [0.2, 0.25) is 0 Å². The average Bonchev–Trinajstić information content (AvgIpc) is 2.52. The lowest BCUT2D eigenvalue weighted by Gasteiger charge is -2.12. The molecular formula is C15H16N2O3. The van der Waals surface area contributed by atoms with Gasteiger partial charge in [-0.05, 0) is 23.8 Å². The van der Waals surface area contributed by atoms with Crippen LogP contribution in [0.4, 0.5) is 5.69 Å². The molecule has 1 heterocycles. The molecule has 20 heavy (non-hydrogen) atoms. The fourth-order valence-electron chi connectivity index (χ4n) is 1.86. The van der Waals surface area contributed by atoms with E-state index in [-0.39, 0.29) is 5.97 Å². The van der Waals surface area contributed by atoms with E-state index in [2.05, 4.69) is 10.3 Å². The normalized spacial score (nSPS) is 9.90. The summed E-state index contributed by atoms with van der Waals surface area (Å²) in [6, 6.07) is 11.0. The SMILES string of the molecule is COC(=O)c1ccccc1CNc1cccnc1OC. The first kappa shape index (κ1) is 13.9. The Bertz CT molecular complexity index is 599. The van der Waals surface area contributed by atoms with Crippen molar-refractivity contribution in [2.45, 2.75) is 6.54 Å². The van der Waals surface area contributed by atoms with Crippen LogP contribution in [0.1, 0.15) is 15.9 Å². The fourth-order valence-corrected chi connectivity index (χ4v) is 1.86. The van der Waals surface area contributed by atoms with E-state index in [9.17, 15) is 4.79 Å². The molecule has 1 aromatic carbocycles. The standard InChI is InChI=1S/C15H16N2O3/c1-19-14-13(8-5-9-16-14)17-10-11-6-3-4-7-12(11)15(18)20-2/h3-9,17H,10H2,1-2H3. The number of pyridine rings is 1. The van der Waals surface area contributed by atoms with Crippen molar-refractivity contribution in [2.24, 2.45) is 0 Å². The Morgan fingerprint density at radius 1 is 1.20 bits per heavy atom. The van der Waals surface area contributed by atoms with Crippen molar-refractivity contribution in [2.75, 3.05) is 19.5 Å². The largest absolute Gasteiger partial charge is 0.480 e. The number of benzene rings is 1. The Hall–Kier alpha value is -2.56. The molecule has 0 aliphatic heterocycles. The first-order chi connectivity index (χ1) is 9.76. The molecule has 1 aromatic heterocycles. The second kappa shape index (κ2) is 6.56. The molecule has 2 aromatic rings. The van der Waals surface area contributed by atoms with Gasteiger partial charge in [0, 0.05) is 12.7 Å². The van der Waals surface area contributed by atoms with Crippen molar-refractivity contribution in [3.05, 3.63) is 53.7 Å². The highest BCUT2D eigenvalue weighted by atomic mass is 16.5. The maximum absolute atomic E-state index is 11.7. The molecule has 1 N–H and O–H groups in total. The third-order valence-corrected chi connectivity index (χ3v) is 2.86. The highest BCUT2D eigenvalue weighted by molar-refractivity contribution is 5.91. The van der Waals surface area contributed by atoms with E-state index < -0.39 is 0 Å². The minimum atomic E-state index is -0.347. The van der Waals surface area contributed by atoms with Crippen molar-refractivity contribution in [3.8, 4) is 5.88 Å². The average molecular weight is 272 g/mol. The summed E-state index contributed by atoms with van der Waals surface area (Å²) in [6.45, 7) is 0.479.